The quantitative estimate of drug-likeness (QED) is 0.563. The number of alkyl halides is 3. The molecule has 0 saturated heterocycles. The van der Waals surface area contributed by atoms with Crippen LogP contribution in [0.1, 0.15) is 24.2 Å². The van der Waals surface area contributed by atoms with E-state index in [1.165, 1.54) is 12.1 Å². The Hall–Kier alpha value is -1.68. The van der Waals surface area contributed by atoms with Crippen molar-refractivity contribution in [3.05, 3.63) is 29.6 Å². The van der Waals surface area contributed by atoms with Crippen molar-refractivity contribution >= 4 is 6.08 Å². The van der Waals surface area contributed by atoms with Gasteiger partial charge in [0.25, 0.3) is 0 Å². The summed E-state index contributed by atoms with van der Waals surface area (Å²) in [5.74, 6) is 0. The van der Waals surface area contributed by atoms with Crippen LogP contribution in [-0.4, -0.2) is 11.1 Å². The summed E-state index contributed by atoms with van der Waals surface area (Å²) in [5.41, 5.74) is -0.528. The maximum atomic E-state index is 12.1. The molecule has 3 nitrogen and oxygen atoms in total. The van der Waals surface area contributed by atoms with E-state index < -0.39 is 17.9 Å². The molecule has 0 aromatic carbocycles. The Morgan fingerprint density at radius 1 is 1.47 bits per heavy atom. The van der Waals surface area contributed by atoms with Gasteiger partial charge in [-0.1, -0.05) is 6.07 Å². The molecule has 0 spiro atoms. The first-order chi connectivity index (χ1) is 6.95. The van der Waals surface area contributed by atoms with E-state index in [9.17, 15) is 18.0 Å². The molecule has 1 rings (SSSR count). The Balaban J connectivity index is 2.95. The Labute approximate surface area is 83.7 Å². The summed E-state index contributed by atoms with van der Waals surface area (Å²) in [6.45, 7) is 1.56. The molecule has 1 aromatic rings. The predicted octanol–water partition coefficient (Wildman–Crippen LogP) is 2.50. The van der Waals surface area contributed by atoms with Crippen LogP contribution in [-0.2, 0) is 11.0 Å². The molecule has 1 heterocycles. The van der Waals surface area contributed by atoms with Crippen molar-refractivity contribution < 1.29 is 18.0 Å². The Morgan fingerprint density at radius 2 is 2.13 bits per heavy atom. The smallest absolute Gasteiger partial charge is 0.251 e. The third-order valence-electron chi connectivity index (χ3n) is 1.81. The van der Waals surface area contributed by atoms with Gasteiger partial charge >= 0.3 is 6.18 Å². The summed E-state index contributed by atoms with van der Waals surface area (Å²) in [5, 5.41) is 0. The molecule has 1 aromatic heterocycles. The lowest BCUT2D eigenvalue weighted by Crippen LogP contribution is -2.07. The van der Waals surface area contributed by atoms with E-state index in [1.807, 2.05) is 0 Å². The van der Waals surface area contributed by atoms with E-state index in [0.29, 0.717) is 5.56 Å². The van der Waals surface area contributed by atoms with Gasteiger partial charge in [0.1, 0.15) is 5.69 Å². The number of pyridine rings is 1. The maximum absolute atomic E-state index is 12.1. The molecule has 0 aliphatic carbocycles. The standard InChI is InChI=1S/C9H7F3N2O/c1-6(14-5-15)7-2-3-8(13-4-7)9(10,11)12/h2-4,6H,1H3. The first-order valence-corrected chi connectivity index (χ1v) is 4.05. The third-order valence-corrected chi connectivity index (χ3v) is 1.81. The Bertz CT molecular complexity index is 379. The second kappa shape index (κ2) is 4.23. The van der Waals surface area contributed by atoms with Crippen LogP contribution in [0.15, 0.2) is 23.3 Å². The second-order valence-electron chi connectivity index (χ2n) is 2.87. The molecule has 15 heavy (non-hydrogen) atoms. The molecule has 0 saturated carbocycles. The monoisotopic (exact) mass is 216 g/mol. The van der Waals surface area contributed by atoms with Gasteiger partial charge in [0.05, 0.1) is 6.04 Å². The van der Waals surface area contributed by atoms with E-state index in [-0.39, 0.29) is 0 Å². The zero-order chi connectivity index (χ0) is 11.5. The number of carbonyl (C=O) groups excluding carboxylic acids is 1. The minimum absolute atomic E-state index is 0.436. The van der Waals surface area contributed by atoms with Gasteiger partial charge in [-0.05, 0) is 18.6 Å². The van der Waals surface area contributed by atoms with Gasteiger partial charge in [0, 0.05) is 6.20 Å². The molecule has 0 bridgehead atoms. The lowest BCUT2D eigenvalue weighted by Gasteiger charge is -2.07. The van der Waals surface area contributed by atoms with Gasteiger partial charge in [-0.3, -0.25) is 4.98 Å². The average molecular weight is 216 g/mol. The minimum Gasteiger partial charge on any atom is -0.251 e. The van der Waals surface area contributed by atoms with Crippen molar-refractivity contribution in [3.8, 4) is 0 Å². The first kappa shape index (κ1) is 11.4. The van der Waals surface area contributed by atoms with Crippen LogP contribution in [0.3, 0.4) is 0 Å². The Kier molecular flexibility index (Phi) is 3.21. The fourth-order valence-electron chi connectivity index (χ4n) is 0.974. The van der Waals surface area contributed by atoms with E-state index in [2.05, 4.69) is 9.98 Å². The van der Waals surface area contributed by atoms with Gasteiger partial charge in [-0.15, -0.1) is 0 Å². The Morgan fingerprint density at radius 3 is 2.53 bits per heavy atom. The molecule has 1 atom stereocenters. The molecule has 0 fully saturated rings. The number of hydrogen-bond donors (Lipinski definition) is 0. The molecular formula is C9H7F3N2O. The second-order valence-corrected chi connectivity index (χ2v) is 2.87. The van der Waals surface area contributed by atoms with Crippen LogP contribution >= 0.6 is 0 Å². The summed E-state index contributed by atoms with van der Waals surface area (Å²) in [6.07, 6.45) is -2.06. The van der Waals surface area contributed by atoms with Crippen molar-refractivity contribution in [2.45, 2.75) is 19.1 Å². The van der Waals surface area contributed by atoms with Crippen molar-refractivity contribution in [1.29, 1.82) is 0 Å². The van der Waals surface area contributed by atoms with Crippen LogP contribution in [0, 0.1) is 0 Å². The van der Waals surface area contributed by atoms with Crippen molar-refractivity contribution in [2.75, 3.05) is 0 Å². The number of aliphatic imine (C=N–C) groups is 1. The van der Waals surface area contributed by atoms with Crippen LogP contribution < -0.4 is 0 Å². The SMILES string of the molecule is CC(N=C=O)c1ccc(C(F)(F)F)nc1. The average Bonchev–Trinajstić information content (AvgIpc) is 2.17. The summed E-state index contributed by atoms with van der Waals surface area (Å²) in [4.78, 5) is 16.5. The highest BCUT2D eigenvalue weighted by Crippen LogP contribution is 2.28. The highest BCUT2D eigenvalue weighted by Gasteiger charge is 2.32. The molecule has 6 heteroatoms. The van der Waals surface area contributed by atoms with Gasteiger partial charge < -0.3 is 0 Å². The number of nitrogens with zero attached hydrogens (tertiary/aromatic N) is 2. The fraction of sp³-hybridized carbons (Fsp3) is 0.333. The van der Waals surface area contributed by atoms with Crippen LogP contribution in [0.25, 0.3) is 0 Å². The van der Waals surface area contributed by atoms with Crippen molar-refractivity contribution in [3.63, 3.8) is 0 Å². The zero-order valence-corrected chi connectivity index (χ0v) is 7.75. The van der Waals surface area contributed by atoms with Crippen LogP contribution in [0.5, 0.6) is 0 Å². The van der Waals surface area contributed by atoms with E-state index in [1.54, 1.807) is 6.92 Å². The van der Waals surface area contributed by atoms with E-state index in [0.717, 1.165) is 12.3 Å². The van der Waals surface area contributed by atoms with Gasteiger partial charge in [0.15, 0.2) is 0 Å². The number of hydrogen-bond acceptors (Lipinski definition) is 3. The van der Waals surface area contributed by atoms with Crippen LogP contribution in [0.2, 0.25) is 0 Å². The van der Waals surface area contributed by atoms with E-state index in [4.69, 9.17) is 0 Å². The van der Waals surface area contributed by atoms with Crippen LogP contribution in [0.4, 0.5) is 13.2 Å². The number of rotatable bonds is 2. The van der Waals surface area contributed by atoms with Crippen molar-refractivity contribution in [1.82, 2.24) is 4.98 Å². The summed E-state index contributed by atoms with van der Waals surface area (Å²) >= 11 is 0. The topological polar surface area (TPSA) is 42.3 Å². The molecule has 0 radical (unpaired) electrons. The van der Waals surface area contributed by atoms with Gasteiger partial charge in [-0.25, -0.2) is 4.79 Å². The maximum Gasteiger partial charge on any atom is 0.433 e. The lowest BCUT2D eigenvalue weighted by atomic mass is 10.1. The molecule has 0 aliphatic rings. The molecule has 0 N–H and O–H groups in total. The molecule has 0 amide bonds. The predicted molar refractivity (Wildman–Crippen MR) is 45.8 cm³/mol. The molecular weight excluding hydrogens is 209 g/mol. The van der Waals surface area contributed by atoms with Gasteiger partial charge in [0.2, 0.25) is 6.08 Å². The zero-order valence-electron chi connectivity index (χ0n) is 7.75. The summed E-state index contributed by atoms with van der Waals surface area (Å²) < 4.78 is 36.4. The normalized spacial score (nSPS) is 13.1. The number of aromatic nitrogens is 1. The number of isocyanates is 1. The third kappa shape index (κ3) is 2.89. The highest BCUT2D eigenvalue weighted by atomic mass is 19.4. The molecule has 1 unspecified atom stereocenters. The number of halogens is 3. The summed E-state index contributed by atoms with van der Waals surface area (Å²) in [6, 6.07) is 1.56. The van der Waals surface area contributed by atoms with Gasteiger partial charge in [-0.2, -0.15) is 18.2 Å². The fourth-order valence-corrected chi connectivity index (χ4v) is 0.974. The largest absolute Gasteiger partial charge is 0.433 e. The van der Waals surface area contributed by atoms with E-state index >= 15 is 0 Å². The summed E-state index contributed by atoms with van der Waals surface area (Å²) in [7, 11) is 0. The minimum atomic E-state index is -4.45. The molecule has 0 aliphatic heterocycles. The highest BCUT2D eigenvalue weighted by molar-refractivity contribution is 5.35. The first-order valence-electron chi connectivity index (χ1n) is 4.05. The van der Waals surface area contributed by atoms with Crippen molar-refractivity contribution in [2.24, 2.45) is 4.99 Å². The molecule has 80 valence electrons. The lowest BCUT2D eigenvalue weighted by molar-refractivity contribution is -0.141.